The van der Waals surface area contributed by atoms with Crippen LogP contribution in [-0.4, -0.2) is 38.8 Å². The predicted molar refractivity (Wildman–Crippen MR) is 154 cm³/mol. The Kier molecular flexibility index (Phi) is 7.76. The summed E-state index contributed by atoms with van der Waals surface area (Å²) >= 11 is 0. The molecule has 0 radical (unpaired) electrons. The number of carboxylic acid groups (broad SMARTS) is 1. The number of imidazole rings is 1. The molecule has 222 valence electrons. The highest BCUT2D eigenvalue weighted by Gasteiger charge is 2.30. The van der Waals surface area contributed by atoms with Gasteiger partial charge in [0.05, 0.1) is 53.2 Å². The summed E-state index contributed by atoms with van der Waals surface area (Å²) in [6.07, 6.45) is -0.0456. The van der Waals surface area contributed by atoms with Crippen LogP contribution in [0.3, 0.4) is 0 Å². The molecule has 3 aromatic carbocycles. The lowest BCUT2D eigenvalue weighted by Gasteiger charge is -2.20. The number of carboxylic acids is 1. The molecule has 2 aromatic heterocycles. The normalized spacial score (nSPS) is 16.2. The Morgan fingerprint density at radius 3 is 2.57 bits per heavy atom. The molecule has 44 heavy (non-hydrogen) atoms. The van der Waals surface area contributed by atoms with Gasteiger partial charge in [0.2, 0.25) is 5.88 Å². The number of nitrogens with zero attached hydrogens (tertiary/aromatic N) is 4. The SMILES string of the molecule is C[C@@H]1COC[C@H]1n1c(Cc2cc(F)c(-c3cccc(OCc4ccc(C#N)cc4F)n3)cc2F)nc2ccc(C(=O)O)cc21. The van der Waals surface area contributed by atoms with E-state index in [2.05, 4.69) is 9.97 Å². The Morgan fingerprint density at radius 1 is 1.02 bits per heavy atom. The first kappa shape index (κ1) is 28.9. The van der Waals surface area contributed by atoms with Gasteiger partial charge in [-0.05, 0) is 54.1 Å². The third-order valence-electron chi connectivity index (χ3n) is 7.71. The highest BCUT2D eigenvalue weighted by molar-refractivity contribution is 5.92. The molecule has 1 aliphatic heterocycles. The zero-order valence-electron chi connectivity index (χ0n) is 23.4. The quantitative estimate of drug-likeness (QED) is 0.218. The van der Waals surface area contributed by atoms with E-state index in [9.17, 15) is 14.3 Å². The second-order valence-electron chi connectivity index (χ2n) is 10.7. The smallest absolute Gasteiger partial charge is 0.335 e. The molecule has 0 spiro atoms. The van der Waals surface area contributed by atoms with Gasteiger partial charge in [-0.2, -0.15) is 5.26 Å². The number of carbonyl (C=O) groups is 1. The van der Waals surface area contributed by atoms with Crippen LogP contribution in [0.4, 0.5) is 13.2 Å². The average Bonchev–Trinajstić information content (AvgIpc) is 3.59. The average molecular weight is 599 g/mol. The van der Waals surface area contributed by atoms with E-state index in [0.717, 1.165) is 18.2 Å². The monoisotopic (exact) mass is 598 g/mol. The van der Waals surface area contributed by atoms with Crippen molar-refractivity contribution in [2.45, 2.75) is 26.0 Å². The molecule has 5 aromatic rings. The summed E-state index contributed by atoms with van der Waals surface area (Å²) in [5.74, 6) is -2.43. The Hall–Kier alpha value is -5.21. The van der Waals surface area contributed by atoms with Gasteiger partial charge in [0.1, 0.15) is 29.9 Å². The zero-order chi connectivity index (χ0) is 31.0. The lowest BCUT2D eigenvalue weighted by atomic mass is 10.0. The highest BCUT2D eigenvalue weighted by Crippen LogP contribution is 2.33. The molecular weight excluding hydrogens is 573 g/mol. The van der Waals surface area contributed by atoms with Gasteiger partial charge in [-0.1, -0.05) is 19.1 Å². The lowest BCUT2D eigenvalue weighted by Crippen LogP contribution is -2.18. The van der Waals surface area contributed by atoms with E-state index < -0.39 is 23.4 Å². The molecule has 6 rings (SSSR count). The van der Waals surface area contributed by atoms with E-state index in [0.29, 0.717) is 30.1 Å². The molecule has 0 aliphatic carbocycles. The van der Waals surface area contributed by atoms with Crippen molar-refractivity contribution >= 4 is 17.0 Å². The third-order valence-corrected chi connectivity index (χ3v) is 7.71. The van der Waals surface area contributed by atoms with E-state index >= 15 is 8.78 Å². The van der Waals surface area contributed by atoms with E-state index in [-0.39, 0.29) is 64.4 Å². The van der Waals surface area contributed by atoms with Crippen LogP contribution in [0.15, 0.2) is 66.7 Å². The van der Waals surface area contributed by atoms with Crippen molar-refractivity contribution in [1.82, 2.24) is 14.5 Å². The minimum Gasteiger partial charge on any atom is -0.478 e. The first-order chi connectivity index (χ1) is 21.2. The molecular formula is C33H25F3N4O4. The number of ether oxygens (including phenoxy) is 2. The number of fused-ring (bicyclic) bond motifs is 1. The number of aromatic carboxylic acids is 1. The maximum atomic E-state index is 15.6. The summed E-state index contributed by atoms with van der Waals surface area (Å²) in [6, 6.07) is 17.1. The molecule has 11 heteroatoms. The molecule has 3 heterocycles. The van der Waals surface area contributed by atoms with Crippen LogP contribution in [0.25, 0.3) is 22.3 Å². The minimum atomic E-state index is -1.08. The second kappa shape index (κ2) is 11.8. The molecule has 0 unspecified atom stereocenters. The Morgan fingerprint density at radius 2 is 1.84 bits per heavy atom. The maximum absolute atomic E-state index is 15.6. The number of halogens is 3. The summed E-state index contributed by atoms with van der Waals surface area (Å²) in [6.45, 7) is 2.73. The van der Waals surface area contributed by atoms with Crippen LogP contribution >= 0.6 is 0 Å². The van der Waals surface area contributed by atoms with E-state index in [1.165, 1.54) is 36.4 Å². The number of pyridine rings is 1. The molecule has 0 bridgehead atoms. The number of rotatable bonds is 8. The molecule has 1 N–H and O–H groups in total. The third kappa shape index (κ3) is 5.59. The van der Waals surface area contributed by atoms with Crippen LogP contribution in [0, 0.1) is 34.7 Å². The summed E-state index contributed by atoms with van der Waals surface area (Å²) in [7, 11) is 0. The van der Waals surface area contributed by atoms with Crippen LogP contribution in [0.2, 0.25) is 0 Å². The van der Waals surface area contributed by atoms with Crippen molar-refractivity contribution in [2.24, 2.45) is 5.92 Å². The number of hydrogen-bond donors (Lipinski definition) is 1. The summed E-state index contributed by atoms with van der Waals surface area (Å²) in [5.41, 5.74) is 1.72. The fraction of sp³-hybridized carbons (Fsp3) is 0.212. The van der Waals surface area contributed by atoms with Crippen LogP contribution in [0.5, 0.6) is 5.88 Å². The van der Waals surface area contributed by atoms with Crippen molar-refractivity contribution in [3.8, 4) is 23.2 Å². The number of aromatic nitrogens is 3. The van der Waals surface area contributed by atoms with E-state index in [1.54, 1.807) is 12.1 Å². The molecule has 0 saturated carbocycles. The van der Waals surface area contributed by atoms with Crippen molar-refractivity contribution < 1.29 is 32.5 Å². The first-order valence-electron chi connectivity index (χ1n) is 13.8. The lowest BCUT2D eigenvalue weighted by molar-refractivity contribution is 0.0697. The molecule has 0 amide bonds. The number of nitriles is 1. The Bertz CT molecular complexity index is 1950. The standard InChI is InChI=1S/C33H25F3N4O4/c1-18-15-43-17-30(18)40-29-11-20(33(41)42)7-8-28(29)38-31(40)12-22-10-26(36)23(13-25(22)35)27-3-2-4-32(39-27)44-16-21-6-5-19(14-37)9-24(21)34/h2-11,13,18,30H,12,15-17H2,1H3,(H,41,42)/t18-,30-/m1/s1. The minimum absolute atomic E-state index is 0.0456. The highest BCUT2D eigenvalue weighted by atomic mass is 19.1. The fourth-order valence-corrected chi connectivity index (χ4v) is 5.37. The predicted octanol–water partition coefficient (Wildman–Crippen LogP) is 6.46. The first-order valence-corrected chi connectivity index (χ1v) is 13.8. The summed E-state index contributed by atoms with van der Waals surface area (Å²) in [4.78, 5) is 20.6. The van der Waals surface area contributed by atoms with Crippen molar-refractivity contribution in [2.75, 3.05) is 13.2 Å². The topological polar surface area (TPSA) is 110 Å². The molecule has 2 atom stereocenters. The second-order valence-corrected chi connectivity index (χ2v) is 10.7. The van der Waals surface area contributed by atoms with Gasteiger partial charge < -0.3 is 19.1 Å². The van der Waals surface area contributed by atoms with Gasteiger partial charge in [-0.25, -0.2) is 27.9 Å². The van der Waals surface area contributed by atoms with Gasteiger partial charge in [0.15, 0.2) is 0 Å². The largest absolute Gasteiger partial charge is 0.478 e. The molecule has 1 aliphatic rings. The van der Waals surface area contributed by atoms with Gasteiger partial charge in [0, 0.05) is 29.5 Å². The molecule has 1 fully saturated rings. The molecule has 1 saturated heterocycles. The Labute approximate surface area is 249 Å². The van der Waals surface area contributed by atoms with E-state index in [1.807, 2.05) is 17.6 Å². The maximum Gasteiger partial charge on any atom is 0.335 e. The van der Waals surface area contributed by atoms with Gasteiger partial charge in [0.25, 0.3) is 0 Å². The van der Waals surface area contributed by atoms with Crippen LogP contribution in [-0.2, 0) is 17.8 Å². The van der Waals surface area contributed by atoms with Gasteiger partial charge in [-0.3, -0.25) is 0 Å². The van der Waals surface area contributed by atoms with Crippen molar-refractivity contribution in [3.05, 3.63) is 112 Å². The number of benzene rings is 3. The van der Waals surface area contributed by atoms with Gasteiger partial charge >= 0.3 is 5.97 Å². The molecule has 8 nitrogen and oxygen atoms in total. The zero-order valence-corrected chi connectivity index (χ0v) is 23.4. The van der Waals surface area contributed by atoms with Gasteiger partial charge in [-0.15, -0.1) is 0 Å². The van der Waals surface area contributed by atoms with Crippen LogP contribution < -0.4 is 4.74 Å². The summed E-state index contributed by atoms with van der Waals surface area (Å²) in [5, 5.41) is 18.4. The van der Waals surface area contributed by atoms with E-state index in [4.69, 9.17) is 14.7 Å². The van der Waals surface area contributed by atoms with Crippen molar-refractivity contribution in [1.29, 1.82) is 5.26 Å². The Balaban J connectivity index is 1.29. The summed E-state index contributed by atoms with van der Waals surface area (Å²) < 4.78 is 58.4. The number of hydrogen-bond acceptors (Lipinski definition) is 6. The van der Waals surface area contributed by atoms with Crippen molar-refractivity contribution in [3.63, 3.8) is 0 Å². The fourth-order valence-electron chi connectivity index (χ4n) is 5.37. The van der Waals surface area contributed by atoms with Crippen LogP contribution in [0.1, 0.15) is 45.8 Å².